The molecule has 0 bridgehead atoms. The maximum absolute atomic E-state index is 12.9. The number of carbonyl (C=O) groups excluding carboxylic acids is 1. The number of hydrogen-bond donors (Lipinski definition) is 2. The van der Waals surface area contributed by atoms with E-state index in [0.29, 0.717) is 27.4 Å². The fourth-order valence-corrected chi connectivity index (χ4v) is 4.33. The quantitative estimate of drug-likeness (QED) is 0.529. The van der Waals surface area contributed by atoms with Crippen molar-refractivity contribution >= 4 is 38.9 Å². The van der Waals surface area contributed by atoms with E-state index in [1.807, 2.05) is 0 Å². The average molecular weight is 500 g/mol. The molecule has 7 nitrogen and oxygen atoms in total. The number of aromatic nitrogens is 1. The molecule has 0 atom stereocenters. The molecule has 0 unspecified atom stereocenters. The van der Waals surface area contributed by atoms with Crippen LogP contribution in [0.5, 0.6) is 0 Å². The zero-order valence-electron chi connectivity index (χ0n) is 17.0. The molecular formula is C21H17ClF3N3O4S. The molecule has 1 heterocycles. The Bertz CT molecular complexity index is 1350. The van der Waals surface area contributed by atoms with Gasteiger partial charge < -0.3 is 9.88 Å². The van der Waals surface area contributed by atoms with E-state index >= 15 is 0 Å². The molecule has 2 aromatic carbocycles. The summed E-state index contributed by atoms with van der Waals surface area (Å²) in [6, 6.07) is 11.4. The third kappa shape index (κ3) is 6.14. The first-order valence-corrected chi connectivity index (χ1v) is 11.2. The van der Waals surface area contributed by atoms with Crippen LogP contribution in [0, 0.1) is 6.92 Å². The Hall–Kier alpha value is -3.31. The number of aryl methyl sites for hydroxylation is 1. The molecule has 0 aliphatic carbocycles. The summed E-state index contributed by atoms with van der Waals surface area (Å²) in [6.07, 6.45) is -4.13. The minimum Gasteiger partial charge on any atom is -0.324 e. The van der Waals surface area contributed by atoms with Crippen LogP contribution in [0.3, 0.4) is 0 Å². The minimum absolute atomic E-state index is 0.0853. The first-order valence-electron chi connectivity index (χ1n) is 9.32. The van der Waals surface area contributed by atoms with Gasteiger partial charge in [-0.05, 0) is 55.0 Å². The normalized spacial score (nSPS) is 11.8. The summed E-state index contributed by atoms with van der Waals surface area (Å²) in [5.41, 5.74) is -1.12. The monoisotopic (exact) mass is 499 g/mol. The molecule has 0 saturated heterocycles. The van der Waals surface area contributed by atoms with Gasteiger partial charge in [0.1, 0.15) is 6.54 Å². The molecule has 3 aromatic rings. The average Bonchev–Trinajstić information content (AvgIpc) is 2.71. The second-order valence-corrected chi connectivity index (χ2v) is 9.11. The predicted octanol–water partition coefficient (Wildman–Crippen LogP) is 4.27. The van der Waals surface area contributed by atoms with Crippen LogP contribution < -0.4 is 15.6 Å². The van der Waals surface area contributed by atoms with Crippen molar-refractivity contribution in [1.29, 1.82) is 0 Å². The Morgan fingerprint density at radius 3 is 2.30 bits per heavy atom. The molecule has 2 N–H and O–H groups in total. The number of anilines is 2. The van der Waals surface area contributed by atoms with E-state index in [1.54, 1.807) is 6.92 Å². The number of alkyl halides is 3. The maximum Gasteiger partial charge on any atom is 0.417 e. The van der Waals surface area contributed by atoms with Crippen LogP contribution in [0.1, 0.15) is 11.1 Å². The molecule has 3 rings (SSSR count). The number of nitrogens with one attached hydrogen (secondary N) is 2. The van der Waals surface area contributed by atoms with Crippen molar-refractivity contribution in [3.8, 4) is 0 Å². The third-order valence-electron chi connectivity index (χ3n) is 4.48. The van der Waals surface area contributed by atoms with Crippen molar-refractivity contribution in [1.82, 2.24) is 4.57 Å². The van der Waals surface area contributed by atoms with Gasteiger partial charge in [0.25, 0.3) is 15.6 Å². The Labute approximate surface area is 191 Å². The molecule has 12 heteroatoms. The lowest BCUT2D eigenvalue weighted by Crippen LogP contribution is -2.28. The number of amides is 1. The van der Waals surface area contributed by atoms with Crippen LogP contribution in [0.25, 0.3) is 0 Å². The number of hydrogen-bond acceptors (Lipinski definition) is 4. The van der Waals surface area contributed by atoms with Crippen LogP contribution in [0.15, 0.2) is 70.5 Å². The van der Waals surface area contributed by atoms with Crippen LogP contribution in [0.2, 0.25) is 5.02 Å². The fraction of sp³-hybridized carbons (Fsp3) is 0.143. The highest BCUT2D eigenvalue weighted by Gasteiger charge is 2.31. The molecule has 174 valence electrons. The number of sulfonamides is 1. The molecular weight excluding hydrogens is 483 g/mol. The van der Waals surface area contributed by atoms with E-state index in [0.717, 1.165) is 6.07 Å². The van der Waals surface area contributed by atoms with Crippen molar-refractivity contribution in [2.75, 3.05) is 10.0 Å². The smallest absolute Gasteiger partial charge is 0.324 e. The van der Waals surface area contributed by atoms with Crippen LogP contribution in [-0.4, -0.2) is 18.9 Å². The number of nitrogens with zero attached hydrogens (tertiary/aromatic N) is 1. The number of halogens is 4. The molecule has 0 fully saturated rings. The highest BCUT2D eigenvalue weighted by Crippen LogP contribution is 2.28. The predicted molar refractivity (Wildman–Crippen MR) is 118 cm³/mol. The maximum atomic E-state index is 12.9. The molecule has 0 saturated carbocycles. The third-order valence-corrected chi connectivity index (χ3v) is 6.26. The summed E-state index contributed by atoms with van der Waals surface area (Å²) in [6.45, 7) is 0.867. The molecule has 0 radical (unpaired) electrons. The van der Waals surface area contributed by atoms with Gasteiger partial charge in [-0.1, -0.05) is 17.7 Å². The Morgan fingerprint density at radius 1 is 1.03 bits per heavy atom. The first-order chi connectivity index (χ1) is 15.3. The highest BCUT2D eigenvalue weighted by molar-refractivity contribution is 7.92. The summed E-state index contributed by atoms with van der Waals surface area (Å²) in [4.78, 5) is 24.0. The van der Waals surface area contributed by atoms with Gasteiger partial charge in [-0.15, -0.1) is 0 Å². The zero-order valence-corrected chi connectivity index (χ0v) is 18.6. The lowest BCUT2D eigenvalue weighted by molar-refractivity contribution is -0.138. The SMILES string of the molecule is Cc1ccc(NC(=O)Cn2cc(C(F)(F)F)ccc2=O)cc1S(=O)(=O)Nc1ccc(Cl)cc1. The first kappa shape index (κ1) is 24.3. The summed E-state index contributed by atoms with van der Waals surface area (Å²) in [5, 5.41) is 2.83. The number of carbonyl (C=O) groups is 1. The van der Waals surface area contributed by atoms with E-state index in [4.69, 9.17) is 11.6 Å². The summed E-state index contributed by atoms with van der Waals surface area (Å²) in [7, 11) is -4.03. The van der Waals surface area contributed by atoms with E-state index in [2.05, 4.69) is 10.0 Å². The van der Waals surface area contributed by atoms with E-state index in [9.17, 15) is 31.2 Å². The molecule has 1 amide bonds. The Balaban J connectivity index is 1.80. The largest absolute Gasteiger partial charge is 0.417 e. The summed E-state index contributed by atoms with van der Waals surface area (Å²) >= 11 is 5.80. The van der Waals surface area contributed by atoms with Crippen LogP contribution >= 0.6 is 11.6 Å². The van der Waals surface area contributed by atoms with Crippen molar-refractivity contribution in [3.63, 3.8) is 0 Å². The number of rotatable bonds is 6. The highest BCUT2D eigenvalue weighted by atomic mass is 35.5. The summed E-state index contributed by atoms with van der Waals surface area (Å²) in [5.74, 6) is -0.811. The minimum atomic E-state index is -4.68. The fourth-order valence-electron chi connectivity index (χ4n) is 2.87. The summed E-state index contributed by atoms with van der Waals surface area (Å²) < 4.78 is 67.2. The van der Waals surface area contributed by atoms with E-state index in [1.165, 1.54) is 42.5 Å². The lowest BCUT2D eigenvalue weighted by atomic mass is 10.2. The second kappa shape index (κ2) is 9.28. The topological polar surface area (TPSA) is 97.3 Å². The van der Waals surface area contributed by atoms with Gasteiger partial charge in [0.15, 0.2) is 0 Å². The van der Waals surface area contributed by atoms with Gasteiger partial charge in [-0.2, -0.15) is 13.2 Å². The van der Waals surface area contributed by atoms with Gasteiger partial charge in [0, 0.05) is 28.7 Å². The van der Waals surface area contributed by atoms with Gasteiger partial charge in [0.05, 0.1) is 10.5 Å². The molecule has 33 heavy (non-hydrogen) atoms. The van der Waals surface area contributed by atoms with Gasteiger partial charge >= 0.3 is 6.18 Å². The van der Waals surface area contributed by atoms with Gasteiger partial charge in [-0.3, -0.25) is 14.3 Å². The number of benzene rings is 2. The molecule has 0 spiro atoms. The molecule has 0 aliphatic heterocycles. The van der Waals surface area contributed by atoms with Crippen LogP contribution in [0.4, 0.5) is 24.5 Å². The Kier molecular flexibility index (Phi) is 6.84. The second-order valence-electron chi connectivity index (χ2n) is 7.02. The number of pyridine rings is 1. The van der Waals surface area contributed by atoms with Crippen LogP contribution in [-0.2, 0) is 27.5 Å². The van der Waals surface area contributed by atoms with E-state index < -0.39 is 39.8 Å². The Morgan fingerprint density at radius 2 is 1.67 bits per heavy atom. The van der Waals surface area contributed by atoms with Crippen molar-refractivity contribution in [2.45, 2.75) is 24.5 Å². The van der Waals surface area contributed by atoms with Crippen molar-refractivity contribution < 1.29 is 26.4 Å². The molecule has 0 aliphatic rings. The molecule has 1 aromatic heterocycles. The standard InChI is InChI=1S/C21H17ClF3N3O4S/c1-13-2-6-17(10-18(13)33(31,32)27-16-7-4-15(22)5-8-16)26-19(29)12-28-11-14(21(23,24)25)3-9-20(28)30/h2-11,27H,12H2,1H3,(H,26,29). The van der Waals surface area contributed by atoms with Crippen molar-refractivity contribution in [3.05, 3.63) is 87.3 Å². The van der Waals surface area contributed by atoms with Gasteiger partial charge in [-0.25, -0.2) is 8.42 Å². The van der Waals surface area contributed by atoms with E-state index in [-0.39, 0.29) is 16.3 Å². The lowest BCUT2D eigenvalue weighted by Gasteiger charge is -2.14. The van der Waals surface area contributed by atoms with Gasteiger partial charge in [0.2, 0.25) is 5.91 Å². The van der Waals surface area contributed by atoms with Crippen molar-refractivity contribution in [2.24, 2.45) is 0 Å². The zero-order chi connectivity index (χ0) is 24.4.